The number of aromatic nitrogens is 2. The van der Waals surface area contributed by atoms with Gasteiger partial charge < -0.3 is 0 Å². The first-order chi connectivity index (χ1) is 7.66. The van der Waals surface area contributed by atoms with Gasteiger partial charge in [-0.05, 0) is 26.0 Å². The van der Waals surface area contributed by atoms with Crippen molar-refractivity contribution in [3.05, 3.63) is 46.9 Å². The van der Waals surface area contributed by atoms with Crippen LogP contribution in [0.4, 0.5) is 0 Å². The standard InChI is InChI=1S/C12H11ClN2S/c1-8-11(13)14-9(2)15-12(8)16-10-6-4-3-5-7-10/h3-7H,1-2H3. The van der Waals surface area contributed by atoms with Gasteiger partial charge in [0.05, 0.1) is 0 Å². The molecule has 16 heavy (non-hydrogen) atoms. The molecule has 0 bridgehead atoms. The van der Waals surface area contributed by atoms with Crippen LogP contribution >= 0.6 is 23.4 Å². The highest BCUT2D eigenvalue weighted by Gasteiger charge is 2.08. The van der Waals surface area contributed by atoms with Gasteiger partial charge >= 0.3 is 0 Å². The Morgan fingerprint density at radius 1 is 1.06 bits per heavy atom. The minimum Gasteiger partial charge on any atom is -0.226 e. The molecular weight excluding hydrogens is 240 g/mol. The average Bonchev–Trinajstić information content (AvgIpc) is 2.27. The Labute approximate surface area is 104 Å². The monoisotopic (exact) mass is 250 g/mol. The molecule has 0 unspecified atom stereocenters. The van der Waals surface area contributed by atoms with Crippen molar-refractivity contribution in [2.24, 2.45) is 0 Å². The van der Waals surface area contributed by atoms with Crippen LogP contribution in [-0.2, 0) is 0 Å². The van der Waals surface area contributed by atoms with Crippen LogP contribution < -0.4 is 0 Å². The van der Waals surface area contributed by atoms with E-state index in [4.69, 9.17) is 11.6 Å². The molecule has 0 aliphatic rings. The third-order valence-electron chi connectivity index (χ3n) is 2.11. The minimum atomic E-state index is 0.533. The fraction of sp³-hybridized carbons (Fsp3) is 0.167. The summed E-state index contributed by atoms with van der Waals surface area (Å²) in [6.45, 7) is 3.79. The maximum atomic E-state index is 6.02. The second kappa shape index (κ2) is 4.85. The van der Waals surface area contributed by atoms with Gasteiger partial charge in [-0.15, -0.1) is 0 Å². The molecule has 0 saturated heterocycles. The van der Waals surface area contributed by atoms with E-state index in [1.165, 1.54) is 0 Å². The first-order valence-electron chi connectivity index (χ1n) is 4.90. The molecule has 0 saturated carbocycles. The predicted molar refractivity (Wildman–Crippen MR) is 67.1 cm³/mol. The molecule has 1 aromatic heterocycles. The van der Waals surface area contributed by atoms with Crippen molar-refractivity contribution in [2.45, 2.75) is 23.8 Å². The number of benzene rings is 1. The van der Waals surface area contributed by atoms with E-state index in [0.717, 1.165) is 15.5 Å². The zero-order chi connectivity index (χ0) is 11.5. The van der Waals surface area contributed by atoms with Crippen molar-refractivity contribution in [1.29, 1.82) is 0 Å². The molecule has 1 aromatic carbocycles. The fourth-order valence-electron chi connectivity index (χ4n) is 1.27. The Kier molecular flexibility index (Phi) is 3.46. The van der Waals surface area contributed by atoms with E-state index in [-0.39, 0.29) is 0 Å². The third kappa shape index (κ3) is 2.54. The average molecular weight is 251 g/mol. The first kappa shape index (κ1) is 11.4. The summed E-state index contributed by atoms with van der Waals surface area (Å²) in [6, 6.07) is 10.1. The van der Waals surface area contributed by atoms with Crippen LogP contribution in [0.2, 0.25) is 5.15 Å². The molecule has 2 nitrogen and oxygen atoms in total. The SMILES string of the molecule is Cc1nc(Cl)c(C)c(Sc2ccccc2)n1. The normalized spacial score (nSPS) is 10.4. The van der Waals surface area contributed by atoms with E-state index < -0.39 is 0 Å². The molecule has 0 spiro atoms. The highest BCUT2D eigenvalue weighted by atomic mass is 35.5. The quantitative estimate of drug-likeness (QED) is 0.756. The van der Waals surface area contributed by atoms with Gasteiger partial charge in [-0.3, -0.25) is 0 Å². The molecule has 0 N–H and O–H groups in total. The van der Waals surface area contributed by atoms with Gasteiger partial charge in [0.1, 0.15) is 16.0 Å². The summed E-state index contributed by atoms with van der Waals surface area (Å²) in [4.78, 5) is 9.67. The molecule has 0 fully saturated rings. The Hall–Kier alpha value is -1.06. The van der Waals surface area contributed by atoms with Crippen molar-refractivity contribution < 1.29 is 0 Å². The van der Waals surface area contributed by atoms with E-state index in [2.05, 4.69) is 22.1 Å². The van der Waals surface area contributed by atoms with Gasteiger partial charge in [-0.2, -0.15) is 0 Å². The molecule has 0 amide bonds. The summed E-state index contributed by atoms with van der Waals surface area (Å²) < 4.78 is 0. The number of halogens is 1. The summed E-state index contributed by atoms with van der Waals surface area (Å²) in [7, 11) is 0. The van der Waals surface area contributed by atoms with Gasteiger partial charge in [0.15, 0.2) is 0 Å². The van der Waals surface area contributed by atoms with Gasteiger partial charge in [-0.25, -0.2) is 9.97 Å². The van der Waals surface area contributed by atoms with Gasteiger partial charge in [0.25, 0.3) is 0 Å². The number of aryl methyl sites for hydroxylation is 1. The topological polar surface area (TPSA) is 25.8 Å². The maximum Gasteiger partial charge on any atom is 0.136 e. The highest BCUT2D eigenvalue weighted by Crippen LogP contribution is 2.30. The van der Waals surface area contributed by atoms with Crippen molar-refractivity contribution in [2.75, 3.05) is 0 Å². The molecule has 1 heterocycles. The Morgan fingerprint density at radius 2 is 1.75 bits per heavy atom. The molecule has 0 aliphatic carbocycles. The van der Waals surface area contributed by atoms with Gasteiger partial charge in [-0.1, -0.05) is 41.6 Å². The number of hydrogen-bond donors (Lipinski definition) is 0. The number of rotatable bonds is 2. The highest BCUT2D eigenvalue weighted by molar-refractivity contribution is 7.99. The lowest BCUT2D eigenvalue weighted by molar-refractivity contribution is 0.938. The van der Waals surface area contributed by atoms with Crippen molar-refractivity contribution in [1.82, 2.24) is 9.97 Å². The number of hydrogen-bond acceptors (Lipinski definition) is 3. The third-order valence-corrected chi connectivity index (χ3v) is 3.58. The molecule has 0 radical (unpaired) electrons. The lowest BCUT2D eigenvalue weighted by atomic mass is 10.4. The van der Waals surface area contributed by atoms with Gasteiger partial charge in [0.2, 0.25) is 0 Å². The lowest BCUT2D eigenvalue weighted by Crippen LogP contribution is -1.94. The molecule has 4 heteroatoms. The van der Waals surface area contributed by atoms with Crippen LogP contribution in [0.25, 0.3) is 0 Å². The summed E-state index contributed by atoms with van der Waals surface area (Å²) in [5.41, 5.74) is 0.932. The largest absolute Gasteiger partial charge is 0.226 e. The summed E-state index contributed by atoms with van der Waals surface area (Å²) in [5, 5.41) is 1.45. The summed E-state index contributed by atoms with van der Waals surface area (Å²) >= 11 is 7.63. The van der Waals surface area contributed by atoms with Gasteiger partial charge in [0, 0.05) is 10.5 Å². The second-order valence-electron chi connectivity index (χ2n) is 3.41. The molecule has 0 atom stereocenters. The molecular formula is C12H11ClN2S. The van der Waals surface area contributed by atoms with Crippen LogP contribution in [-0.4, -0.2) is 9.97 Å². The number of nitrogens with zero attached hydrogens (tertiary/aromatic N) is 2. The molecule has 2 aromatic rings. The molecule has 82 valence electrons. The predicted octanol–water partition coefficient (Wildman–Crippen LogP) is 3.90. The van der Waals surface area contributed by atoms with E-state index in [0.29, 0.717) is 11.0 Å². The van der Waals surface area contributed by atoms with Crippen molar-refractivity contribution in [3.63, 3.8) is 0 Å². The van der Waals surface area contributed by atoms with Crippen molar-refractivity contribution in [3.8, 4) is 0 Å². The van der Waals surface area contributed by atoms with E-state index in [9.17, 15) is 0 Å². The smallest absolute Gasteiger partial charge is 0.136 e. The maximum absolute atomic E-state index is 6.02. The van der Waals surface area contributed by atoms with Crippen LogP contribution in [0.15, 0.2) is 40.3 Å². The molecule has 2 rings (SSSR count). The first-order valence-corrected chi connectivity index (χ1v) is 6.10. The van der Waals surface area contributed by atoms with Crippen LogP contribution in [0.1, 0.15) is 11.4 Å². The summed E-state index contributed by atoms with van der Waals surface area (Å²) in [5.74, 6) is 0.703. The van der Waals surface area contributed by atoms with Crippen molar-refractivity contribution >= 4 is 23.4 Å². The fourth-order valence-corrected chi connectivity index (χ4v) is 2.48. The summed E-state index contributed by atoms with van der Waals surface area (Å²) in [6.07, 6.45) is 0. The Morgan fingerprint density at radius 3 is 2.44 bits per heavy atom. The van der Waals surface area contributed by atoms with E-state index in [1.54, 1.807) is 11.8 Å². The van der Waals surface area contributed by atoms with E-state index in [1.807, 2.05) is 32.0 Å². The van der Waals surface area contributed by atoms with Crippen LogP contribution in [0.5, 0.6) is 0 Å². The lowest BCUT2D eigenvalue weighted by Gasteiger charge is -2.06. The molecule has 0 aliphatic heterocycles. The second-order valence-corrected chi connectivity index (χ2v) is 4.83. The zero-order valence-electron chi connectivity index (χ0n) is 9.07. The van der Waals surface area contributed by atoms with E-state index >= 15 is 0 Å². The minimum absolute atomic E-state index is 0.533. The van der Waals surface area contributed by atoms with Crippen LogP contribution in [0.3, 0.4) is 0 Å². The Balaban J connectivity index is 2.35. The zero-order valence-corrected chi connectivity index (χ0v) is 10.6. The Bertz CT molecular complexity index is 500. The van der Waals surface area contributed by atoms with Crippen LogP contribution in [0, 0.1) is 13.8 Å².